The number of likely N-dealkylation sites (N-methyl/N-ethyl adjacent to an activating group) is 1. The van der Waals surface area contributed by atoms with Gasteiger partial charge in [0.1, 0.15) is 0 Å². The van der Waals surface area contributed by atoms with Crippen LogP contribution in [-0.2, 0) is 0 Å². The van der Waals surface area contributed by atoms with Crippen molar-refractivity contribution in [2.45, 2.75) is 59.0 Å². The van der Waals surface area contributed by atoms with Gasteiger partial charge in [0.05, 0.1) is 0 Å². The maximum Gasteiger partial charge on any atom is 0.0220 e. The molecular formula is C15H34N2S. The second-order valence-corrected chi connectivity index (χ2v) is 6.78. The Morgan fingerprint density at radius 1 is 1.11 bits per heavy atom. The molecule has 0 amide bonds. The van der Waals surface area contributed by atoms with E-state index in [-0.39, 0.29) is 0 Å². The monoisotopic (exact) mass is 274 g/mol. The Bertz CT molecular complexity index is 185. The highest BCUT2D eigenvalue weighted by atomic mass is 32.2. The van der Waals surface area contributed by atoms with Crippen LogP contribution in [0.25, 0.3) is 0 Å². The largest absolute Gasteiger partial charge is 0.315 e. The zero-order valence-electron chi connectivity index (χ0n) is 13.3. The van der Waals surface area contributed by atoms with Crippen molar-refractivity contribution in [1.82, 2.24) is 10.2 Å². The van der Waals surface area contributed by atoms with E-state index < -0.39 is 0 Å². The molecule has 0 radical (unpaired) electrons. The van der Waals surface area contributed by atoms with Crippen LogP contribution in [0.15, 0.2) is 0 Å². The molecule has 0 aliphatic heterocycles. The number of rotatable bonds is 11. The SMILES string of the molecule is CCCC(CNCC(C)C)N(C)C(C)CCSC. The summed E-state index contributed by atoms with van der Waals surface area (Å²) in [5.74, 6) is 2.01. The quantitative estimate of drug-likeness (QED) is 0.621. The summed E-state index contributed by atoms with van der Waals surface area (Å²) in [5, 5.41) is 3.61. The van der Waals surface area contributed by atoms with Crippen molar-refractivity contribution in [3.63, 3.8) is 0 Å². The van der Waals surface area contributed by atoms with Gasteiger partial charge in [-0.05, 0) is 51.3 Å². The van der Waals surface area contributed by atoms with Gasteiger partial charge in [-0.2, -0.15) is 11.8 Å². The minimum atomic E-state index is 0.686. The van der Waals surface area contributed by atoms with E-state index in [0.717, 1.165) is 19.0 Å². The average molecular weight is 275 g/mol. The van der Waals surface area contributed by atoms with Crippen LogP contribution < -0.4 is 5.32 Å². The zero-order valence-corrected chi connectivity index (χ0v) is 14.1. The highest BCUT2D eigenvalue weighted by Crippen LogP contribution is 2.12. The highest BCUT2D eigenvalue weighted by Gasteiger charge is 2.18. The minimum absolute atomic E-state index is 0.686. The van der Waals surface area contributed by atoms with Gasteiger partial charge in [-0.15, -0.1) is 0 Å². The molecule has 0 fully saturated rings. The van der Waals surface area contributed by atoms with Gasteiger partial charge >= 0.3 is 0 Å². The molecule has 110 valence electrons. The molecule has 0 aliphatic carbocycles. The third-order valence-electron chi connectivity index (χ3n) is 3.57. The van der Waals surface area contributed by atoms with Crippen molar-refractivity contribution < 1.29 is 0 Å². The molecule has 2 unspecified atom stereocenters. The van der Waals surface area contributed by atoms with Crippen molar-refractivity contribution in [1.29, 1.82) is 0 Å². The lowest BCUT2D eigenvalue weighted by Gasteiger charge is -2.33. The first kappa shape index (κ1) is 18.3. The standard InChI is InChI=1S/C15H34N2S/c1-7-8-15(12-16-11-13(2)3)17(5)14(4)9-10-18-6/h13-16H,7-12H2,1-6H3. The summed E-state index contributed by atoms with van der Waals surface area (Å²) in [6.45, 7) is 11.5. The second-order valence-electron chi connectivity index (χ2n) is 5.79. The molecular weight excluding hydrogens is 240 g/mol. The van der Waals surface area contributed by atoms with Crippen LogP contribution in [0.5, 0.6) is 0 Å². The van der Waals surface area contributed by atoms with Crippen LogP contribution in [0.1, 0.15) is 47.0 Å². The lowest BCUT2D eigenvalue weighted by molar-refractivity contribution is 0.166. The van der Waals surface area contributed by atoms with Gasteiger partial charge in [-0.1, -0.05) is 27.2 Å². The van der Waals surface area contributed by atoms with Crippen molar-refractivity contribution in [3.8, 4) is 0 Å². The van der Waals surface area contributed by atoms with Crippen molar-refractivity contribution in [2.75, 3.05) is 32.1 Å². The average Bonchev–Trinajstić information content (AvgIpc) is 2.33. The van der Waals surface area contributed by atoms with E-state index in [1.807, 2.05) is 11.8 Å². The molecule has 1 N–H and O–H groups in total. The fourth-order valence-electron chi connectivity index (χ4n) is 2.17. The summed E-state index contributed by atoms with van der Waals surface area (Å²) in [6.07, 6.45) is 6.06. The molecule has 0 spiro atoms. The Kier molecular flexibility index (Phi) is 11.3. The van der Waals surface area contributed by atoms with Crippen molar-refractivity contribution >= 4 is 11.8 Å². The van der Waals surface area contributed by atoms with E-state index in [2.05, 4.69) is 51.2 Å². The van der Waals surface area contributed by atoms with Crippen molar-refractivity contribution in [3.05, 3.63) is 0 Å². The molecule has 0 rings (SSSR count). The van der Waals surface area contributed by atoms with Crippen LogP contribution in [0.2, 0.25) is 0 Å². The predicted octanol–water partition coefficient (Wildman–Crippen LogP) is 3.47. The number of hydrogen-bond acceptors (Lipinski definition) is 3. The third-order valence-corrected chi connectivity index (χ3v) is 4.21. The van der Waals surface area contributed by atoms with E-state index in [0.29, 0.717) is 12.1 Å². The molecule has 0 aromatic heterocycles. The fraction of sp³-hybridized carbons (Fsp3) is 1.00. The number of nitrogens with zero attached hydrogens (tertiary/aromatic N) is 1. The van der Waals surface area contributed by atoms with Crippen molar-refractivity contribution in [2.24, 2.45) is 5.92 Å². The molecule has 0 aliphatic rings. The predicted molar refractivity (Wildman–Crippen MR) is 86.6 cm³/mol. The fourth-order valence-corrected chi connectivity index (χ4v) is 2.75. The Balaban J connectivity index is 4.11. The molecule has 0 bridgehead atoms. The summed E-state index contributed by atoms with van der Waals surface area (Å²) >= 11 is 1.95. The second kappa shape index (κ2) is 11.1. The number of hydrogen-bond donors (Lipinski definition) is 1. The van der Waals surface area contributed by atoms with Crippen LogP contribution in [-0.4, -0.2) is 49.1 Å². The van der Waals surface area contributed by atoms with E-state index in [1.54, 1.807) is 0 Å². The van der Waals surface area contributed by atoms with E-state index in [1.165, 1.54) is 25.0 Å². The maximum absolute atomic E-state index is 3.61. The Hall–Kier alpha value is 0.270. The highest BCUT2D eigenvalue weighted by molar-refractivity contribution is 7.98. The Morgan fingerprint density at radius 2 is 1.78 bits per heavy atom. The number of thioether (sulfide) groups is 1. The Morgan fingerprint density at radius 3 is 2.28 bits per heavy atom. The van der Waals surface area contributed by atoms with Gasteiger partial charge in [0.15, 0.2) is 0 Å². The van der Waals surface area contributed by atoms with Crippen LogP contribution in [0.4, 0.5) is 0 Å². The maximum atomic E-state index is 3.61. The summed E-state index contributed by atoms with van der Waals surface area (Å²) in [5.41, 5.74) is 0. The summed E-state index contributed by atoms with van der Waals surface area (Å²) in [4.78, 5) is 2.58. The topological polar surface area (TPSA) is 15.3 Å². The van der Waals surface area contributed by atoms with Crippen LogP contribution >= 0.6 is 11.8 Å². The molecule has 2 nitrogen and oxygen atoms in total. The van der Waals surface area contributed by atoms with Gasteiger partial charge in [-0.25, -0.2) is 0 Å². The first-order valence-electron chi connectivity index (χ1n) is 7.44. The first-order valence-corrected chi connectivity index (χ1v) is 8.83. The smallest absolute Gasteiger partial charge is 0.0220 e. The molecule has 18 heavy (non-hydrogen) atoms. The summed E-state index contributed by atoms with van der Waals surface area (Å²) in [7, 11) is 2.29. The molecule has 0 saturated carbocycles. The van der Waals surface area contributed by atoms with Gasteiger partial charge < -0.3 is 5.32 Å². The number of nitrogens with one attached hydrogen (secondary N) is 1. The Labute approximate surface area is 119 Å². The van der Waals surface area contributed by atoms with Crippen LogP contribution in [0, 0.1) is 5.92 Å². The lowest BCUT2D eigenvalue weighted by Crippen LogP contribution is -2.45. The van der Waals surface area contributed by atoms with Gasteiger partial charge in [-0.3, -0.25) is 4.90 Å². The molecule has 0 saturated heterocycles. The zero-order chi connectivity index (χ0) is 14.0. The lowest BCUT2D eigenvalue weighted by atomic mass is 10.1. The third kappa shape index (κ3) is 8.39. The molecule has 2 atom stereocenters. The summed E-state index contributed by atoms with van der Waals surface area (Å²) in [6, 6.07) is 1.38. The van der Waals surface area contributed by atoms with E-state index in [9.17, 15) is 0 Å². The molecule has 0 heterocycles. The first-order chi connectivity index (χ1) is 8.52. The van der Waals surface area contributed by atoms with Gasteiger partial charge in [0, 0.05) is 18.6 Å². The molecule has 0 aromatic carbocycles. The van der Waals surface area contributed by atoms with E-state index >= 15 is 0 Å². The normalized spacial score (nSPS) is 15.3. The van der Waals surface area contributed by atoms with E-state index in [4.69, 9.17) is 0 Å². The van der Waals surface area contributed by atoms with Gasteiger partial charge in [0.25, 0.3) is 0 Å². The molecule has 3 heteroatoms. The van der Waals surface area contributed by atoms with Gasteiger partial charge in [0.2, 0.25) is 0 Å². The molecule has 0 aromatic rings. The summed E-state index contributed by atoms with van der Waals surface area (Å²) < 4.78 is 0. The minimum Gasteiger partial charge on any atom is -0.315 e. The van der Waals surface area contributed by atoms with Crippen LogP contribution in [0.3, 0.4) is 0 Å².